The number of nitrogens with zero attached hydrogens (tertiary/aromatic N) is 2. The number of nitrogens with one attached hydrogen (secondary N) is 1. The third-order valence-corrected chi connectivity index (χ3v) is 2.58. The lowest BCUT2D eigenvalue weighted by molar-refractivity contribution is 0.0860. The Bertz CT molecular complexity index is 581. The third-order valence-electron chi connectivity index (χ3n) is 2.58. The van der Waals surface area contributed by atoms with Crippen LogP contribution in [-0.4, -0.2) is 27.3 Å². The molecule has 96 valence electrons. The van der Waals surface area contributed by atoms with Crippen LogP contribution in [0.4, 0.5) is 0 Å². The summed E-state index contributed by atoms with van der Waals surface area (Å²) in [4.78, 5) is 23.8. The predicted molar refractivity (Wildman–Crippen MR) is 68.8 cm³/mol. The summed E-state index contributed by atoms with van der Waals surface area (Å²) in [5, 5.41) is 0. The summed E-state index contributed by atoms with van der Waals surface area (Å²) in [5.74, 6) is 0.476. The van der Waals surface area contributed by atoms with E-state index < -0.39 is 5.41 Å². The van der Waals surface area contributed by atoms with Gasteiger partial charge in [0.2, 0.25) is 5.88 Å². The van der Waals surface area contributed by atoms with Crippen LogP contribution in [0, 0.1) is 5.41 Å². The molecule has 2 heterocycles. The Morgan fingerprint density at radius 3 is 2.78 bits per heavy atom. The molecule has 1 N–H and O–H groups in total. The number of ether oxygens (including phenoxy) is 1. The first-order valence-electron chi connectivity index (χ1n) is 5.95. The fraction of sp³-hybridized carbons (Fsp3) is 0.462. The summed E-state index contributed by atoms with van der Waals surface area (Å²) in [6, 6.07) is 0. The van der Waals surface area contributed by atoms with Gasteiger partial charge in [-0.15, -0.1) is 0 Å². The highest BCUT2D eigenvalue weighted by Gasteiger charge is 2.26. The van der Waals surface area contributed by atoms with Crippen molar-refractivity contribution < 1.29 is 9.53 Å². The Hall–Kier alpha value is -1.91. The SMILES string of the molecule is CCOc1cnc2[nH]cc(C(=O)C(C)(C)C)c2n1. The molecule has 2 aromatic rings. The van der Waals surface area contributed by atoms with Crippen molar-refractivity contribution in [3.05, 3.63) is 18.0 Å². The van der Waals surface area contributed by atoms with Gasteiger partial charge in [-0.25, -0.2) is 9.97 Å². The van der Waals surface area contributed by atoms with E-state index >= 15 is 0 Å². The Morgan fingerprint density at radius 1 is 1.44 bits per heavy atom. The third kappa shape index (κ3) is 2.20. The number of fused-ring (bicyclic) bond motifs is 1. The molecule has 2 rings (SSSR count). The molecule has 0 saturated heterocycles. The van der Waals surface area contributed by atoms with Crippen LogP contribution in [0.5, 0.6) is 5.88 Å². The van der Waals surface area contributed by atoms with E-state index in [2.05, 4.69) is 15.0 Å². The maximum absolute atomic E-state index is 12.3. The minimum absolute atomic E-state index is 0.0386. The van der Waals surface area contributed by atoms with Gasteiger partial charge in [0.1, 0.15) is 5.52 Å². The van der Waals surface area contributed by atoms with E-state index in [0.29, 0.717) is 29.2 Å². The molecule has 5 heteroatoms. The standard InChI is InChI=1S/C13H17N3O2/c1-5-18-9-7-15-12-10(16-9)8(6-14-12)11(17)13(2,3)4/h6-7H,5H2,1-4H3,(H,14,15). The molecule has 0 amide bonds. The maximum atomic E-state index is 12.3. The van der Waals surface area contributed by atoms with Crippen LogP contribution < -0.4 is 4.74 Å². The Balaban J connectivity index is 2.52. The van der Waals surface area contributed by atoms with E-state index in [9.17, 15) is 4.79 Å². The summed E-state index contributed by atoms with van der Waals surface area (Å²) in [5.41, 5.74) is 1.29. The summed E-state index contributed by atoms with van der Waals surface area (Å²) in [6.45, 7) is 8.05. The van der Waals surface area contributed by atoms with Crippen molar-refractivity contribution in [2.75, 3.05) is 6.61 Å². The molecule has 0 atom stereocenters. The number of aromatic nitrogens is 3. The normalized spacial score (nSPS) is 11.8. The number of H-pyrrole nitrogens is 1. The van der Waals surface area contributed by atoms with Gasteiger partial charge in [0.05, 0.1) is 18.4 Å². The second kappa shape index (κ2) is 4.40. The van der Waals surface area contributed by atoms with Gasteiger partial charge in [0.15, 0.2) is 11.4 Å². The van der Waals surface area contributed by atoms with Gasteiger partial charge in [0.25, 0.3) is 0 Å². The highest BCUT2D eigenvalue weighted by Crippen LogP contribution is 2.25. The highest BCUT2D eigenvalue weighted by atomic mass is 16.5. The van der Waals surface area contributed by atoms with E-state index in [1.54, 1.807) is 12.4 Å². The van der Waals surface area contributed by atoms with Gasteiger partial charge < -0.3 is 9.72 Å². The lowest BCUT2D eigenvalue weighted by atomic mass is 9.87. The summed E-state index contributed by atoms with van der Waals surface area (Å²) >= 11 is 0. The molecule has 0 aliphatic rings. The summed E-state index contributed by atoms with van der Waals surface area (Å²) < 4.78 is 5.30. The van der Waals surface area contributed by atoms with Gasteiger partial charge in [-0.05, 0) is 6.92 Å². The highest BCUT2D eigenvalue weighted by molar-refractivity contribution is 6.08. The molecule has 5 nitrogen and oxygen atoms in total. The van der Waals surface area contributed by atoms with Gasteiger partial charge in [-0.2, -0.15) is 0 Å². The fourth-order valence-corrected chi connectivity index (χ4v) is 1.67. The van der Waals surface area contributed by atoms with Gasteiger partial charge in [-0.3, -0.25) is 4.79 Å². The fourth-order valence-electron chi connectivity index (χ4n) is 1.67. The molecule has 0 spiro atoms. The molecule has 0 bridgehead atoms. The lowest BCUT2D eigenvalue weighted by Gasteiger charge is -2.15. The quantitative estimate of drug-likeness (QED) is 0.846. The average Bonchev–Trinajstić information content (AvgIpc) is 2.70. The first kappa shape index (κ1) is 12.5. The summed E-state index contributed by atoms with van der Waals surface area (Å²) in [7, 11) is 0. The van der Waals surface area contributed by atoms with Crippen LogP contribution >= 0.6 is 0 Å². The zero-order valence-corrected chi connectivity index (χ0v) is 11.1. The van der Waals surface area contributed by atoms with Crippen LogP contribution in [0.25, 0.3) is 11.2 Å². The van der Waals surface area contributed by atoms with Crippen molar-refractivity contribution in [3.63, 3.8) is 0 Å². The number of carbonyl (C=O) groups excluding carboxylic acids is 1. The summed E-state index contributed by atoms with van der Waals surface area (Å²) in [6.07, 6.45) is 3.21. The number of hydrogen-bond acceptors (Lipinski definition) is 4. The van der Waals surface area contributed by atoms with Gasteiger partial charge in [-0.1, -0.05) is 20.8 Å². The number of aromatic amines is 1. The van der Waals surface area contributed by atoms with Crippen LogP contribution in [-0.2, 0) is 0 Å². The minimum Gasteiger partial charge on any atom is -0.477 e. The van der Waals surface area contributed by atoms with Crippen molar-refractivity contribution in [1.29, 1.82) is 0 Å². The molecular formula is C13H17N3O2. The van der Waals surface area contributed by atoms with Crippen molar-refractivity contribution in [2.45, 2.75) is 27.7 Å². The molecule has 0 unspecified atom stereocenters. The topological polar surface area (TPSA) is 67.9 Å². The van der Waals surface area contributed by atoms with E-state index in [0.717, 1.165) is 0 Å². The number of Topliss-reactive ketones (excluding diaryl/α,β-unsaturated/α-hetero) is 1. The van der Waals surface area contributed by atoms with Crippen molar-refractivity contribution >= 4 is 16.9 Å². The van der Waals surface area contributed by atoms with Crippen molar-refractivity contribution in [1.82, 2.24) is 15.0 Å². The zero-order chi connectivity index (χ0) is 13.3. The Morgan fingerprint density at radius 2 is 2.17 bits per heavy atom. The first-order chi connectivity index (χ1) is 8.43. The van der Waals surface area contributed by atoms with E-state index in [4.69, 9.17) is 4.74 Å². The smallest absolute Gasteiger partial charge is 0.233 e. The molecule has 0 fully saturated rings. The first-order valence-corrected chi connectivity index (χ1v) is 5.95. The van der Waals surface area contributed by atoms with Crippen molar-refractivity contribution in [3.8, 4) is 5.88 Å². The van der Waals surface area contributed by atoms with Crippen molar-refractivity contribution in [2.24, 2.45) is 5.41 Å². The molecule has 0 aromatic carbocycles. The molecule has 0 aliphatic heterocycles. The second-order valence-corrected chi connectivity index (χ2v) is 5.12. The Kier molecular flexibility index (Phi) is 3.07. The number of hydrogen-bond donors (Lipinski definition) is 1. The van der Waals surface area contributed by atoms with Gasteiger partial charge >= 0.3 is 0 Å². The molecule has 0 aliphatic carbocycles. The van der Waals surface area contributed by atoms with E-state index in [1.165, 1.54) is 0 Å². The lowest BCUT2D eigenvalue weighted by Crippen LogP contribution is -2.20. The number of ketones is 1. The van der Waals surface area contributed by atoms with Crippen LogP contribution in [0.3, 0.4) is 0 Å². The minimum atomic E-state index is -0.446. The van der Waals surface area contributed by atoms with Crippen LogP contribution in [0.2, 0.25) is 0 Å². The number of rotatable bonds is 3. The molecule has 0 radical (unpaired) electrons. The van der Waals surface area contributed by atoms with Crippen LogP contribution in [0.15, 0.2) is 12.4 Å². The van der Waals surface area contributed by atoms with E-state index in [1.807, 2.05) is 27.7 Å². The van der Waals surface area contributed by atoms with Crippen LogP contribution in [0.1, 0.15) is 38.1 Å². The largest absolute Gasteiger partial charge is 0.477 e. The molecular weight excluding hydrogens is 230 g/mol. The monoisotopic (exact) mass is 247 g/mol. The van der Waals surface area contributed by atoms with E-state index in [-0.39, 0.29) is 5.78 Å². The Labute approximate surface area is 106 Å². The maximum Gasteiger partial charge on any atom is 0.233 e. The van der Waals surface area contributed by atoms with Gasteiger partial charge in [0, 0.05) is 11.6 Å². The number of carbonyl (C=O) groups is 1. The average molecular weight is 247 g/mol. The zero-order valence-electron chi connectivity index (χ0n) is 11.1. The predicted octanol–water partition coefficient (Wildman–Crippen LogP) is 2.59. The molecule has 18 heavy (non-hydrogen) atoms. The molecule has 2 aromatic heterocycles. The second-order valence-electron chi connectivity index (χ2n) is 5.12. The molecule has 0 saturated carbocycles.